The predicted octanol–water partition coefficient (Wildman–Crippen LogP) is 0.928. The molecular weight excluding hydrogens is 442 g/mol. The Hall–Kier alpha value is -3.02. The minimum atomic E-state index is -3.19. The first kappa shape index (κ1) is 25.2. The first-order chi connectivity index (χ1) is 14.9. The van der Waals surface area contributed by atoms with E-state index in [0.717, 1.165) is 6.07 Å². The van der Waals surface area contributed by atoms with Crippen LogP contribution < -0.4 is 5.32 Å². The number of sulfone groups is 1. The molecule has 1 aliphatic rings. The summed E-state index contributed by atoms with van der Waals surface area (Å²) in [6.45, 7) is 4.88. The van der Waals surface area contributed by atoms with Gasteiger partial charge in [-0.05, 0) is 25.3 Å². The summed E-state index contributed by atoms with van der Waals surface area (Å²) in [6.07, 6.45) is 0.338. The number of non-ortho nitro benzene ring substituents is 1. The smallest absolute Gasteiger partial charge is 0.328 e. The molecular formula is C20H27N3O8S. The number of benzene rings is 1. The lowest BCUT2D eigenvalue weighted by Gasteiger charge is -2.30. The molecule has 32 heavy (non-hydrogen) atoms. The van der Waals surface area contributed by atoms with E-state index in [4.69, 9.17) is 4.74 Å². The van der Waals surface area contributed by atoms with Crippen molar-refractivity contribution >= 4 is 33.3 Å². The highest BCUT2D eigenvalue weighted by molar-refractivity contribution is 7.91. The van der Waals surface area contributed by atoms with Gasteiger partial charge in [0.15, 0.2) is 16.4 Å². The van der Waals surface area contributed by atoms with Gasteiger partial charge in [0, 0.05) is 30.3 Å². The number of carbonyl (C=O) groups is 3. The molecule has 0 radical (unpaired) electrons. The molecule has 1 aromatic rings. The van der Waals surface area contributed by atoms with Crippen LogP contribution in [0.1, 0.15) is 37.6 Å². The van der Waals surface area contributed by atoms with Crippen LogP contribution in [0.5, 0.6) is 0 Å². The van der Waals surface area contributed by atoms with E-state index in [2.05, 4.69) is 5.32 Å². The average molecular weight is 470 g/mol. The van der Waals surface area contributed by atoms with Gasteiger partial charge in [-0.3, -0.25) is 19.7 Å². The zero-order valence-electron chi connectivity index (χ0n) is 18.1. The molecule has 0 aliphatic carbocycles. The van der Waals surface area contributed by atoms with Gasteiger partial charge in [0.25, 0.3) is 17.5 Å². The van der Waals surface area contributed by atoms with Crippen LogP contribution in [0.3, 0.4) is 0 Å². The van der Waals surface area contributed by atoms with E-state index in [0.29, 0.717) is 13.0 Å². The van der Waals surface area contributed by atoms with Crippen molar-refractivity contribution in [3.8, 4) is 0 Å². The third-order valence-corrected chi connectivity index (χ3v) is 6.64. The molecule has 2 rings (SSSR count). The van der Waals surface area contributed by atoms with E-state index >= 15 is 0 Å². The van der Waals surface area contributed by atoms with Crippen LogP contribution in [0.2, 0.25) is 0 Å². The summed E-state index contributed by atoms with van der Waals surface area (Å²) in [7, 11) is -3.19. The van der Waals surface area contributed by atoms with E-state index in [1.165, 1.54) is 30.0 Å². The second kappa shape index (κ2) is 10.5. The van der Waals surface area contributed by atoms with Crippen LogP contribution in [0.25, 0.3) is 0 Å². The fourth-order valence-corrected chi connectivity index (χ4v) is 5.04. The van der Waals surface area contributed by atoms with Crippen molar-refractivity contribution in [2.45, 2.75) is 39.3 Å². The Balaban J connectivity index is 1.94. The van der Waals surface area contributed by atoms with Crippen molar-refractivity contribution in [2.24, 2.45) is 5.92 Å². The van der Waals surface area contributed by atoms with Crippen LogP contribution in [-0.2, 0) is 24.2 Å². The summed E-state index contributed by atoms with van der Waals surface area (Å²) in [4.78, 5) is 48.8. The molecule has 2 atom stereocenters. The summed E-state index contributed by atoms with van der Waals surface area (Å²) >= 11 is 0. The summed E-state index contributed by atoms with van der Waals surface area (Å²) in [5.74, 6) is -2.09. The highest BCUT2D eigenvalue weighted by atomic mass is 32.2. The molecule has 0 saturated carbocycles. The number of hydrogen-bond acceptors (Lipinski definition) is 8. The number of nitro groups is 1. The lowest BCUT2D eigenvalue weighted by atomic mass is 10.1. The topological polar surface area (TPSA) is 153 Å². The molecule has 0 spiro atoms. The number of ether oxygens (including phenoxy) is 1. The number of carbonyl (C=O) groups excluding carboxylic acids is 3. The van der Waals surface area contributed by atoms with Crippen molar-refractivity contribution in [3.05, 3.63) is 39.9 Å². The number of amides is 2. The molecule has 11 nitrogen and oxygen atoms in total. The number of hydrogen-bond donors (Lipinski definition) is 1. The Labute approximate surface area is 186 Å². The van der Waals surface area contributed by atoms with Gasteiger partial charge >= 0.3 is 5.97 Å². The van der Waals surface area contributed by atoms with Gasteiger partial charge < -0.3 is 15.0 Å². The summed E-state index contributed by atoms with van der Waals surface area (Å²) in [5, 5.41) is 13.2. The minimum Gasteiger partial charge on any atom is -0.454 e. The van der Waals surface area contributed by atoms with Crippen LogP contribution in [0, 0.1) is 16.0 Å². The van der Waals surface area contributed by atoms with Gasteiger partial charge in [-0.25, -0.2) is 13.2 Å². The predicted molar refractivity (Wildman–Crippen MR) is 115 cm³/mol. The second-order valence-corrected chi connectivity index (χ2v) is 10.3. The Kier molecular flexibility index (Phi) is 8.31. The highest BCUT2D eigenvalue weighted by Crippen LogP contribution is 2.19. The largest absolute Gasteiger partial charge is 0.454 e. The monoisotopic (exact) mass is 469 g/mol. The number of nitrogens with one attached hydrogen (secondary N) is 1. The molecule has 1 aliphatic heterocycles. The molecule has 12 heteroatoms. The zero-order chi connectivity index (χ0) is 24.1. The Morgan fingerprint density at radius 3 is 2.53 bits per heavy atom. The van der Waals surface area contributed by atoms with Crippen molar-refractivity contribution in [1.82, 2.24) is 10.2 Å². The summed E-state index contributed by atoms with van der Waals surface area (Å²) < 4.78 is 28.6. The van der Waals surface area contributed by atoms with E-state index in [-0.39, 0.29) is 28.7 Å². The molecule has 176 valence electrons. The fraction of sp³-hybridized carbons (Fsp3) is 0.550. The fourth-order valence-electron chi connectivity index (χ4n) is 3.31. The molecule has 1 fully saturated rings. The number of nitro benzene ring substituents is 1. The summed E-state index contributed by atoms with van der Waals surface area (Å²) in [6, 6.07) is 3.46. The zero-order valence-corrected chi connectivity index (χ0v) is 19.0. The number of esters is 1. The van der Waals surface area contributed by atoms with Gasteiger partial charge in [0.1, 0.15) is 6.04 Å². The Morgan fingerprint density at radius 1 is 1.28 bits per heavy atom. The standard InChI is InChI=1S/C20H27N3O8S/c1-13(2)10-22(17-7-8-32(29,30)12-17)18(24)11-31-20(26)14(3)21-19(25)15-5-4-6-16(9-15)23(27)28/h4-6,9,13-14,17H,7-8,10-12H2,1-3H3,(H,21,25). The van der Waals surface area contributed by atoms with Gasteiger partial charge in [-0.2, -0.15) is 0 Å². The molecule has 2 unspecified atom stereocenters. The maximum atomic E-state index is 12.7. The van der Waals surface area contributed by atoms with Gasteiger partial charge in [0.05, 0.1) is 16.4 Å². The van der Waals surface area contributed by atoms with Crippen molar-refractivity contribution in [2.75, 3.05) is 24.7 Å². The van der Waals surface area contributed by atoms with Crippen LogP contribution >= 0.6 is 0 Å². The van der Waals surface area contributed by atoms with Crippen LogP contribution in [-0.4, -0.2) is 72.8 Å². The average Bonchev–Trinajstić information content (AvgIpc) is 3.09. The molecule has 1 heterocycles. The van der Waals surface area contributed by atoms with Crippen LogP contribution in [0.4, 0.5) is 5.69 Å². The highest BCUT2D eigenvalue weighted by Gasteiger charge is 2.35. The first-order valence-electron chi connectivity index (χ1n) is 10.1. The van der Waals surface area contributed by atoms with E-state index in [9.17, 15) is 32.9 Å². The quantitative estimate of drug-likeness (QED) is 0.318. The van der Waals surface area contributed by atoms with Gasteiger partial charge in [-0.1, -0.05) is 19.9 Å². The van der Waals surface area contributed by atoms with E-state index in [1.54, 1.807) is 0 Å². The third kappa shape index (κ3) is 7.01. The molecule has 2 amide bonds. The number of nitrogens with zero attached hydrogens (tertiary/aromatic N) is 2. The Morgan fingerprint density at radius 2 is 1.97 bits per heavy atom. The second-order valence-electron chi connectivity index (χ2n) is 8.11. The number of rotatable bonds is 9. The van der Waals surface area contributed by atoms with Gasteiger partial charge in [0.2, 0.25) is 0 Å². The molecule has 0 aromatic heterocycles. The summed E-state index contributed by atoms with van der Waals surface area (Å²) in [5.41, 5.74) is -0.266. The lowest BCUT2D eigenvalue weighted by molar-refractivity contribution is -0.384. The minimum absolute atomic E-state index is 0.000442. The SMILES string of the molecule is CC(C)CN(C(=O)COC(=O)C(C)NC(=O)c1cccc([N+](=O)[O-])c1)C1CCS(=O)(=O)C1. The van der Waals surface area contributed by atoms with Crippen LogP contribution in [0.15, 0.2) is 24.3 Å². The molecule has 0 bridgehead atoms. The lowest BCUT2D eigenvalue weighted by Crippen LogP contribution is -2.46. The molecule has 1 N–H and O–H groups in total. The van der Waals surface area contributed by atoms with Crippen molar-refractivity contribution in [1.29, 1.82) is 0 Å². The van der Waals surface area contributed by atoms with E-state index in [1.807, 2.05) is 13.8 Å². The maximum Gasteiger partial charge on any atom is 0.328 e. The van der Waals surface area contributed by atoms with Crippen molar-refractivity contribution in [3.63, 3.8) is 0 Å². The molecule has 1 saturated heterocycles. The van der Waals surface area contributed by atoms with Crippen molar-refractivity contribution < 1.29 is 32.5 Å². The first-order valence-corrected chi connectivity index (χ1v) is 11.9. The molecule has 1 aromatic carbocycles. The van der Waals surface area contributed by atoms with Gasteiger partial charge in [-0.15, -0.1) is 0 Å². The van der Waals surface area contributed by atoms with E-state index < -0.39 is 51.2 Å². The maximum absolute atomic E-state index is 12.7. The Bertz CT molecular complexity index is 992. The third-order valence-electron chi connectivity index (χ3n) is 4.89. The normalized spacial score (nSPS) is 18.1.